The minimum atomic E-state index is -3.54. The van der Waals surface area contributed by atoms with Crippen molar-refractivity contribution in [2.45, 2.75) is 44.6 Å². The molecule has 27 heavy (non-hydrogen) atoms. The predicted molar refractivity (Wildman–Crippen MR) is 96.2 cm³/mol. The Morgan fingerprint density at radius 1 is 1.22 bits per heavy atom. The van der Waals surface area contributed by atoms with Gasteiger partial charge in [0.1, 0.15) is 0 Å². The van der Waals surface area contributed by atoms with Gasteiger partial charge < -0.3 is 9.26 Å². The largest absolute Gasteiger partial charge is 0.452 e. The quantitative estimate of drug-likeness (QED) is 0.719. The molecule has 0 amide bonds. The van der Waals surface area contributed by atoms with Crippen LogP contribution in [0.4, 0.5) is 0 Å². The van der Waals surface area contributed by atoms with Crippen molar-refractivity contribution in [2.75, 3.05) is 13.1 Å². The number of ether oxygens (including phenoxy) is 1. The minimum Gasteiger partial charge on any atom is -0.452 e. The number of rotatable bonds is 5. The van der Waals surface area contributed by atoms with E-state index in [0.717, 1.165) is 5.56 Å². The number of esters is 1. The molecule has 1 atom stereocenters. The van der Waals surface area contributed by atoms with Crippen molar-refractivity contribution in [1.29, 1.82) is 0 Å². The molecule has 0 bridgehead atoms. The van der Waals surface area contributed by atoms with Crippen LogP contribution in [-0.2, 0) is 19.6 Å². The van der Waals surface area contributed by atoms with Crippen LogP contribution >= 0.6 is 0 Å². The third-order valence-electron chi connectivity index (χ3n) is 4.63. The van der Waals surface area contributed by atoms with Gasteiger partial charge in [0.15, 0.2) is 11.9 Å². The first kappa shape index (κ1) is 19.5. The van der Waals surface area contributed by atoms with E-state index >= 15 is 0 Å². The molecule has 2 aromatic rings. The summed E-state index contributed by atoms with van der Waals surface area (Å²) < 4.78 is 37.3. The van der Waals surface area contributed by atoms with Gasteiger partial charge in [-0.3, -0.25) is 4.79 Å². The van der Waals surface area contributed by atoms with Gasteiger partial charge in [0, 0.05) is 13.1 Å². The van der Waals surface area contributed by atoms with Crippen LogP contribution in [0.25, 0.3) is 0 Å². The van der Waals surface area contributed by atoms with Gasteiger partial charge >= 0.3 is 5.97 Å². The highest BCUT2D eigenvalue weighted by Gasteiger charge is 2.33. The topological polar surface area (TPSA) is 103 Å². The maximum atomic E-state index is 12.7. The van der Waals surface area contributed by atoms with Crippen LogP contribution in [0.5, 0.6) is 0 Å². The Kier molecular flexibility index (Phi) is 5.61. The van der Waals surface area contributed by atoms with Gasteiger partial charge in [-0.1, -0.05) is 22.9 Å². The third-order valence-corrected chi connectivity index (χ3v) is 6.54. The molecule has 9 heteroatoms. The fourth-order valence-corrected chi connectivity index (χ4v) is 4.46. The Balaban J connectivity index is 1.58. The van der Waals surface area contributed by atoms with Gasteiger partial charge in [-0.15, -0.1) is 0 Å². The standard InChI is InChI=1S/C18H23N3O5S/c1-12-4-6-16(7-5-12)27(23,24)21-10-8-15(9-11-21)18(22)25-13(2)17-19-14(3)20-26-17/h4-7,13,15H,8-11H2,1-3H3. The first-order valence-corrected chi connectivity index (χ1v) is 10.3. The molecule has 146 valence electrons. The van der Waals surface area contributed by atoms with Gasteiger partial charge in [0.05, 0.1) is 10.8 Å². The highest BCUT2D eigenvalue weighted by atomic mass is 32.2. The minimum absolute atomic E-state index is 0.250. The Bertz CT molecular complexity index is 899. The lowest BCUT2D eigenvalue weighted by molar-refractivity contribution is -0.156. The van der Waals surface area contributed by atoms with Crippen LogP contribution in [0.1, 0.15) is 43.1 Å². The monoisotopic (exact) mass is 393 g/mol. The molecule has 1 fully saturated rings. The molecule has 0 saturated carbocycles. The maximum Gasteiger partial charge on any atom is 0.309 e. The fourth-order valence-electron chi connectivity index (χ4n) is 2.99. The van der Waals surface area contributed by atoms with Crippen LogP contribution < -0.4 is 0 Å². The van der Waals surface area contributed by atoms with E-state index in [1.807, 2.05) is 6.92 Å². The molecule has 1 aliphatic rings. The second kappa shape index (κ2) is 7.77. The summed E-state index contributed by atoms with van der Waals surface area (Å²) in [6.45, 7) is 5.83. The number of aromatic nitrogens is 2. The van der Waals surface area contributed by atoms with Crippen LogP contribution in [0, 0.1) is 19.8 Å². The molecule has 0 radical (unpaired) electrons. The van der Waals surface area contributed by atoms with Crippen LogP contribution in [0.15, 0.2) is 33.7 Å². The third kappa shape index (κ3) is 4.36. The molecule has 0 spiro atoms. The molecule has 1 unspecified atom stereocenters. The second-order valence-electron chi connectivity index (χ2n) is 6.75. The average molecular weight is 393 g/mol. The van der Waals surface area contributed by atoms with Crippen molar-refractivity contribution >= 4 is 16.0 Å². The van der Waals surface area contributed by atoms with Crippen LogP contribution in [-0.4, -0.2) is 41.9 Å². The predicted octanol–water partition coefficient (Wildman–Crippen LogP) is 2.39. The SMILES string of the molecule is Cc1ccc(S(=O)(=O)N2CCC(C(=O)OC(C)c3nc(C)no3)CC2)cc1. The average Bonchev–Trinajstić information content (AvgIpc) is 3.09. The first-order chi connectivity index (χ1) is 12.8. The Hall–Kier alpha value is -2.26. The summed E-state index contributed by atoms with van der Waals surface area (Å²) in [7, 11) is -3.54. The van der Waals surface area contributed by atoms with E-state index in [2.05, 4.69) is 10.1 Å². The highest BCUT2D eigenvalue weighted by molar-refractivity contribution is 7.89. The van der Waals surface area contributed by atoms with E-state index in [-0.39, 0.29) is 35.8 Å². The summed E-state index contributed by atoms with van der Waals surface area (Å²) in [5, 5.41) is 3.68. The zero-order chi connectivity index (χ0) is 19.6. The summed E-state index contributed by atoms with van der Waals surface area (Å²) in [4.78, 5) is 16.7. The number of carbonyl (C=O) groups excluding carboxylic acids is 1. The lowest BCUT2D eigenvalue weighted by Gasteiger charge is -2.30. The Morgan fingerprint density at radius 3 is 2.41 bits per heavy atom. The van der Waals surface area contributed by atoms with Gasteiger partial charge in [-0.25, -0.2) is 8.42 Å². The molecule has 3 rings (SSSR count). The van der Waals surface area contributed by atoms with Crippen molar-refractivity contribution in [2.24, 2.45) is 5.92 Å². The van der Waals surface area contributed by atoms with E-state index in [1.54, 1.807) is 38.1 Å². The van der Waals surface area contributed by atoms with Crippen molar-refractivity contribution in [3.63, 3.8) is 0 Å². The zero-order valence-corrected chi connectivity index (χ0v) is 16.4. The molecule has 0 N–H and O–H groups in total. The smallest absolute Gasteiger partial charge is 0.309 e. The molecule has 8 nitrogen and oxygen atoms in total. The summed E-state index contributed by atoms with van der Waals surface area (Å²) in [6, 6.07) is 6.77. The molecule has 0 aliphatic carbocycles. The van der Waals surface area contributed by atoms with E-state index in [0.29, 0.717) is 18.7 Å². The highest BCUT2D eigenvalue weighted by Crippen LogP contribution is 2.26. The number of aryl methyl sites for hydroxylation is 2. The normalized spacial score (nSPS) is 17.6. The molecule has 1 aromatic heterocycles. The molecule has 1 saturated heterocycles. The maximum absolute atomic E-state index is 12.7. The zero-order valence-electron chi connectivity index (χ0n) is 15.6. The summed E-state index contributed by atoms with van der Waals surface area (Å²) in [5.41, 5.74) is 1.00. The van der Waals surface area contributed by atoms with Gasteiger partial charge in [-0.05, 0) is 45.7 Å². The van der Waals surface area contributed by atoms with E-state index in [9.17, 15) is 13.2 Å². The van der Waals surface area contributed by atoms with E-state index in [1.165, 1.54) is 4.31 Å². The van der Waals surface area contributed by atoms with Crippen molar-refractivity contribution in [1.82, 2.24) is 14.4 Å². The number of hydrogen-bond acceptors (Lipinski definition) is 7. The van der Waals surface area contributed by atoms with Crippen molar-refractivity contribution in [3.05, 3.63) is 41.5 Å². The summed E-state index contributed by atoms with van der Waals surface area (Å²) in [6.07, 6.45) is 0.201. The van der Waals surface area contributed by atoms with E-state index in [4.69, 9.17) is 9.26 Å². The van der Waals surface area contributed by atoms with Crippen molar-refractivity contribution in [3.8, 4) is 0 Å². The van der Waals surface area contributed by atoms with Gasteiger partial charge in [0.2, 0.25) is 10.0 Å². The number of carbonyl (C=O) groups is 1. The number of nitrogens with zero attached hydrogens (tertiary/aromatic N) is 3. The van der Waals surface area contributed by atoms with Gasteiger partial charge in [-0.2, -0.15) is 9.29 Å². The van der Waals surface area contributed by atoms with Crippen molar-refractivity contribution < 1.29 is 22.5 Å². The van der Waals surface area contributed by atoms with Gasteiger partial charge in [0.25, 0.3) is 5.89 Å². The first-order valence-electron chi connectivity index (χ1n) is 8.85. The number of sulfonamides is 1. The molecule has 2 heterocycles. The molecular weight excluding hydrogens is 370 g/mol. The fraction of sp³-hybridized carbons (Fsp3) is 0.500. The Morgan fingerprint density at radius 2 is 1.85 bits per heavy atom. The number of piperidine rings is 1. The lowest BCUT2D eigenvalue weighted by Crippen LogP contribution is -2.40. The summed E-state index contributed by atoms with van der Waals surface area (Å²) >= 11 is 0. The molecular formula is C18H23N3O5S. The Labute approximate surface area is 158 Å². The second-order valence-corrected chi connectivity index (χ2v) is 8.69. The number of hydrogen-bond donors (Lipinski definition) is 0. The molecule has 1 aromatic carbocycles. The van der Waals surface area contributed by atoms with Crippen LogP contribution in [0.2, 0.25) is 0 Å². The van der Waals surface area contributed by atoms with Crippen LogP contribution in [0.3, 0.4) is 0 Å². The van der Waals surface area contributed by atoms with E-state index < -0.39 is 16.1 Å². The molecule has 1 aliphatic heterocycles. The summed E-state index contributed by atoms with van der Waals surface area (Å²) in [5.74, 6) is 0.00873. The number of benzene rings is 1. The lowest BCUT2D eigenvalue weighted by atomic mass is 9.98.